The first-order valence-corrected chi connectivity index (χ1v) is 6.89. The van der Waals surface area contributed by atoms with Gasteiger partial charge >= 0.3 is 0 Å². The lowest BCUT2D eigenvalue weighted by atomic mass is 10.2. The molecule has 0 saturated heterocycles. The highest BCUT2D eigenvalue weighted by Gasteiger charge is 2.02. The Morgan fingerprint density at radius 2 is 1.88 bits per heavy atom. The maximum Gasteiger partial charge on any atom is 0.264 e. The van der Waals surface area contributed by atoms with Gasteiger partial charge in [0.2, 0.25) is 0 Å². The number of rotatable bonds is 6. The van der Waals surface area contributed by atoms with Gasteiger partial charge in [-0.2, -0.15) is 8.42 Å². The van der Waals surface area contributed by atoms with E-state index in [1.54, 1.807) is 24.3 Å². The van der Waals surface area contributed by atoms with Crippen molar-refractivity contribution < 1.29 is 17.3 Å². The van der Waals surface area contributed by atoms with Crippen LogP contribution in [0, 0.1) is 0 Å². The minimum Gasteiger partial charge on any atom is -0.489 e. The van der Waals surface area contributed by atoms with Gasteiger partial charge in [0, 0.05) is 0 Å². The van der Waals surface area contributed by atoms with Crippen LogP contribution in [0.1, 0.15) is 12.5 Å². The van der Waals surface area contributed by atoms with Crippen LogP contribution >= 0.6 is 0 Å². The lowest BCUT2D eigenvalue weighted by molar-refractivity contribution is 0.311. The molecule has 1 rings (SSSR count). The van der Waals surface area contributed by atoms with Crippen LogP contribution in [0.15, 0.2) is 36.4 Å². The van der Waals surface area contributed by atoms with E-state index in [4.69, 9.17) is 4.74 Å². The van der Waals surface area contributed by atoms with Gasteiger partial charge in [-0.25, -0.2) is 0 Å². The second-order valence-corrected chi connectivity index (χ2v) is 5.50. The minimum absolute atomic E-state index is 0.0413. The van der Waals surface area contributed by atoms with Crippen LogP contribution in [0.5, 0.6) is 5.75 Å². The van der Waals surface area contributed by atoms with Crippen molar-refractivity contribution in [2.24, 2.45) is 0 Å². The molecule has 0 aliphatic rings. The van der Waals surface area contributed by atoms with Crippen molar-refractivity contribution in [3.8, 4) is 5.75 Å². The Morgan fingerprint density at radius 3 is 2.35 bits per heavy atom. The van der Waals surface area contributed by atoms with E-state index < -0.39 is 10.1 Å². The van der Waals surface area contributed by atoms with Crippen LogP contribution in [-0.2, 0) is 20.9 Å². The Labute approximate surface area is 102 Å². The van der Waals surface area contributed by atoms with Crippen molar-refractivity contribution >= 4 is 10.1 Å². The van der Waals surface area contributed by atoms with E-state index in [1.807, 2.05) is 6.92 Å². The lowest BCUT2D eigenvalue weighted by Crippen LogP contribution is -2.02. The van der Waals surface area contributed by atoms with Gasteiger partial charge in [0.1, 0.15) is 12.4 Å². The smallest absolute Gasteiger partial charge is 0.264 e. The Bertz CT molecular complexity index is 474. The highest BCUT2D eigenvalue weighted by molar-refractivity contribution is 7.85. The van der Waals surface area contributed by atoms with Crippen molar-refractivity contribution in [3.63, 3.8) is 0 Å². The zero-order valence-electron chi connectivity index (χ0n) is 9.97. The van der Waals surface area contributed by atoms with Crippen molar-refractivity contribution in [1.29, 1.82) is 0 Å². The maximum absolute atomic E-state index is 10.8. The normalized spacial score (nSPS) is 11.2. The minimum atomic E-state index is -3.40. The van der Waals surface area contributed by atoms with Crippen molar-refractivity contribution in [2.75, 3.05) is 12.9 Å². The summed E-state index contributed by atoms with van der Waals surface area (Å²) >= 11 is 0. The molecular formula is C12H16O4S. The zero-order chi connectivity index (χ0) is 12.9. The molecule has 0 N–H and O–H groups in total. The Kier molecular flexibility index (Phi) is 4.72. The molecule has 1 aromatic rings. The van der Waals surface area contributed by atoms with Crippen molar-refractivity contribution in [2.45, 2.75) is 13.5 Å². The molecule has 0 radical (unpaired) electrons. The molecule has 5 heteroatoms. The number of ether oxygens (including phenoxy) is 1. The first-order valence-electron chi connectivity index (χ1n) is 5.07. The van der Waals surface area contributed by atoms with Gasteiger partial charge in [-0.3, -0.25) is 4.18 Å². The number of hydrogen-bond acceptors (Lipinski definition) is 4. The zero-order valence-corrected chi connectivity index (χ0v) is 10.8. The van der Waals surface area contributed by atoms with Crippen LogP contribution in [0.2, 0.25) is 0 Å². The van der Waals surface area contributed by atoms with E-state index in [2.05, 4.69) is 10.8 Å². The third-order valence-corrected chi connectivity index (χ3v) is 2.39. The average molecular weight is 256 g/mol. The van der Waals surface area contributed by atoms with E-state index in [9.17, 15) is 8.42 Å². The van der Waals surface area contributed by atoms with Gasteiger partial charge in [-0.15, -0.1) is 0 Å². The molecule has 1 aromatic carbocycles. The predicted octanol–water partition coefficient (Wildman–Crippen LogP) is 2.12. The third kappa shape index (κ3) is 6.09. The van der Waals surface area contributed by atoms with Crippen LogP contribution in [-0.4, -0.2) is 21.3 Å². The second-order valence-electron chi connectivity index (χ2n) is 3.86. The molecule has 0 spiro atoms. The van der Waals surface area contributed by atoms with Gasteiger partial charge in [0.05, 0.1) is 12.9 Å². The largest absolute Gasteiger partial charge is 0.489 e. The molecule has 0 bridgehead atoms. The summed E-state index contributed by atoms with van der Waals surface area (Å²) in [4.78, 5) is 0. The first kappa shape index (κ1) is 13.7. The SMILES string of the molecule is C=C(C)COc1ccc(COS(C)(=O)=O)cc1. The molecule has 17 heavy (non-hydrogen) atoms. The van der Waals surface area contributed by atoms with Gasteiger partial charge in [-0.1, -0.05) is 18.7 Å². The highest BCUT2D eigenvalue weighted by atomic mass is 32.2. The number of hydrogen-bond donors (Lipinski definition) is 0. The van der Waals surface area contributed by atoms with Crippen LogP contribution in [0.25, 0.3) is 0 Å². The monoisotopic (exact) mass is 256 g/mol. The molecule has 0 fully saturated rings. The lowest BCUT2D eigenvalue weighted by Gasteiger charge is -2.06. The fourth-order valence-electron chi connectivity index (χ4n) is 1.06. The molecule has 0 amide bonds. The summed E-state index contributed by atoms with van der Waals surface area (Å²) in [6.07, 6.45) is 1.03. The van der Waals surface area contributed by atoms with Crippen LogP contribution in [0.3, 0.4) is 0 Å². The molecule has 0 unspecified atom stereocenters. The summed E-state index contributed by atoms with van der Waals surface area (Å²) in [5.41, 5.74) is 1.72. The molecule has 4 nitrogen and oxygen atoms in total. The summed E-state index contributed by atoms with van der Waals surface area (Å²) < 4.78 is 31.7. The molecule has 0 saturated carbocycles. The molecule has 0 atom stereocenters. The van der Waals surface area contributed by atoms with E-state index in [-0.39, 0.29) is 6.61 Å². The standard InChI is InChI=1S/C12H16O4S/c1-10(2)8-15-12-6-4-11(5-7-12)9-16-17(3,13)14/h4-7H,1,8-9H2,2-3H3. The fraction of sp³-hybridized carbons (Fsp3) is 0.333. The quantitative estimate of drug-likeness (QED) is 0.578. The van der Waals surface area contributed by atoms with Crippen molar-refractivity contribution in [1.82, 2.24) is 0 Å². The molecule has 94 valence electrons. The van der Waals surface area contributed by atoms with E-state index in [1.165, 1.54) is 0 Å². The van der Waals surface area contributed by atoms with Gasteiger partial charge in [-0.05, 0) is 30.2 Å². The Hall–Kier alpha value is -1.33. The summed E-state index contributed by atoms with van der Waals surface area (Å²) in [6, 6.07) is 7.06. The van der Waals surface area contributed by atoms with Gasteiger partial charge in [0.25, 0.3) is 10.1 Å². The maximum atomic E-state index is 10.8. The van der Waals surface area contributed by atoms with E-state index in [0.717, 1.165) is 23.1 Å². The van der Waals surface area contributed by atoms with Crippen molar-refractivity contribution in [3.05, 3.63) is 42.0 Å². The molecule has 0 aromatic heterocycles. The topological polar surface area (TPSA) is 52.6 Å². The Morgan fingerprint density at radius 1 is 1.29 bits per heavy atom. The van der Waals surface area contributed by atoms with Crippen LogP contribution < -0.4 is 4.74 Å². The summed E-state index contributed by atoms with van der Waals surface area (Å²) in [7, 11) is -3.40. The van der Waals surface area contributed by atoms with Crippen LogP contribution in [0.4, 0.5) is 0 Å². The summed E-state index contributed by atoms with van der Waals surface area (Å²) in [6.45, 7) is 6.13. The Balaban J connectivity index is 2.53. The summed E-state index contributed by atoms with van der Waals surface area (Å²) in [5.74, 6) is 0.719. The first-order chi connectivity index (χ1) is 7.87. The third-order valence-electron chi connectivity index (χ3n) is 1.85. The highest BCUT2D eigenvalue weighted by Crippen LogP contribution is 2.14. The fourth-order valence-corrected chi connectivity index (χ4v) is 1.41. The molecule has 0 heterocycles. The summed E-state index contributed by atoms with van der Waals surface area (Å²) in [5, 5.41) is 0. The van der Waals surface area contributed by atoms with E-state index >= 15 is 0 Å². The van der Waals surface area contributed by atoms with Gasteiger partial charge < -0.3 is 4.74 Å². The number of benzene rings is 1. The predicted molar refractivity (Wildman–Crippen MR) is 66.4 cm³/mol. The second kappa shape index (κ2) is 5.84. The van der Waals surface area contributed by atoms with Gasteiger partial charge in [0.15, 0.2) is 0 Å². The molecule has 0 aliphatic heterocycles. The molecule has 0 aliphatic carbocycles. The molecular weight excluding hydrogens is 240 g/mol. The van der Waals surface area contributed by atoms with E-state index in [0.29, 0.717) is 6.61 Å². The average Bonchev–Trinajstić information content (AvgIpc) is 2.24.